The van der Waals surface area contributed by atoms with Crippen LogP contribution in [0.1, 0.15) is 5.82 Å². The van der Waals surface area contributed by atoms with Gasteiger partial charge in [-0.25, -0.2) is 4.39 Å². The van der Waals surface area contributed by atoms with Crippen LogP contribution in [-0.4, -0.2) is 19.8 Å². The average molecular weight is 326 g/mol. The Morgan fingerprint density at radius 1 is 1.04 bits per heavy atom. The molecule has 0 amide bonds. The molecule has 0 aliphatic carbocycles. The third-order valence-corrected chi connectivity index (χ3v) is 4.19. The highest BCUT2D eigenvalue weighted by Crippen LogP contribution is 2.26. The number of hydrogen-bond donors (Lipinski definition) is 0. The Balaban J connectivity index is 1.62. The number of hydrogen-bond acceptors (Lipinski definition) is 5. The van der Waals surface area contributed by atoms with Crippen molar-refractivity contribution in [2.45, 2.75) is 6.61 Å². The lowest BCUT2D eigenvalue weighted by Gasteiger charge is -2.02. The molecule has 0 aliphatic heterocycles. The van der Waals surface area contributed by atoms with Gasteiger partial charge in [0.25, 0.3) is 0 Å². The zero-order valence-electron chi connectivity index (χ0n) is 11.9. The van der Waals surface area contributed by atoms with Crippen LogP contribution in [0.15, 0.2) is 54.6 Å². The van der Waals surface area contributed by atoms with Crippen molar-refractivity contribution in [3.8, 4) is 16.3 Å². The summed E-state index contributed by atoms with van der Waals surface area (Å²) in [5.41, 5.74) is 0.718. The van der Waals surface area contributed by atoms with Gasteiger partial charge in [-0.3, -0.25) is 0 Å². The first kappa shape index (κ1) is 13.8. The zero-order chi connectivity index (χ0) is 15.6. The lowest BCUT2D eigenvalue weighted by Crippen LogP contribution is -2.02. The number of para-hydroxylation sites is 1. The topological polar surface area (TPSA) is 52.3 Å². The quantitative estimate of drug-likeness (QED) is 0.575. The van der Waals surface area contributed by atoms with Crippen LogP contribution in [0.25, 0.3) is 15.5 Å². The van der Waals surface area contributed by atoms with Crippen molar-refractivity contribution in [2.24, 2.45) is 0 Å². The van der Waals surface area contributed by atoms with Gasteiger partial charge in [-0.1, -0.05) is 41.7 Å². The van der Waals surface area contributed by atoms with Crippen molar-refractivity contribution < 1.29 is 9.13 Å². The molecule has 0 N–H and O–H groups in total. The third-order valence-electron chi connectivity index (χ3n) is 3.24. The number of benzene rings is 2. The van der Waals surface area contributed by atoms with E-state index in [0.717, 1.165) is 11.3 Å². The first-order valence-electron chi connectivity index (χ1n) is 6.94. The summed E-state index contributed by atoms with van der Waals surface area (Å²) in [6.07, 6.45) is 0. The van der Waals surface area contributed by atoms with Gasteiger partial charge in [0.05, 0.1) is 0 Å². The van der Waals surface area contributed by atoms with E-state index in [1.165, 1.54) is 23.5 Å². The predicted octanol–water partition coefficient (Wildman–Crippen LogP) is 3.57. The summed E-state index contributed by atoms with van der Waals surface area (Å²) in [4.78, 5) is 0.649. The minimum Gasteiger partial charge on any atom is -0.486 e. The van der Waals surface area contributed by atoms with Crippen LogP contribution in [0.3, 0.4) is 0 Å². The number of fused-ring (bicyclic) bond motifs is 1. The molecule has 2 heterocycles. The van der Waals surface area contributed by atoms with Gasteiger partial charge < -0.3 is 4.74 Å². The molecule has 0 aliphatic rings. The third kappa shape index (κ3) is 2.78. The molecule has 0 atom stereocenters. The molecule has 0 saturated carbocycles. The van der Waals surface area contributed by atoms with Crippen LogP contribution >= 0.6 is 11.3 Å². The van der Waals surface area contributed by atoms with E-state index >= 15 is 0 Å². The Morgan fingerprint density at radius 2 is 1.91 bits per heavy atom. The van der Waals surface area contributed by atoms with Gasteiger partial charge in [-0.2, -0.15) is 9.61 Å². The van der Waals surface area contributed by atoms with Crippen LogP contribution < -0.4 is 4.74 Å². The van der Waals surface area contributed by atoms with E-state index in [2.05, 4.69) is 15.3 Å². The van der Waals surface area contributed by atoms with Crippen LogP contribution in [0.4, 0.5) is 4.39 Å². The summed E-state index contributed by atoms with van der Waals surface area (Å²) in [6, 6.07) is 15.8. The normalized spacial score (nSPS) is 11.0. The minimum absolute atomic E-state index is 0.261. The highest BCUT2D eigenvalue weighted by Gasteiger charge is 2.13. The second-order valence-corrected chi connectivity index (χ2v) is 5.79. The summed E-state index contributed by atoms with van der Waals surface area (Å²) < 4.78 is 20.7. The average Bonchev–Trinajstić information content (AvgIpc) is 3.15. The van der Waals surface area contributed by atoms with E-state index in [1.54, 1.807) is 10.6 Å². The molecule has 23 heavy (non-hydrogen) atoms. The van der Waals surface area contributed by atoms with Crippen molar-refractivity contribution in [1.29, 1.82) is 0 Å². The second kappa shape index (κ2) is 5.77. The van der Waals surface area contributed by atoms with Crippen molar-refractivity contribution in [1.82, 2.24) is 19.8 Å². The number of aromatic nitrogens is 4. The van der Waals surface area contributed by atoms with E-state index in [-0.39, 0.29) is 12.4 Å². The summed E-state index contributed by atoms with van der Waals surface area (Å²) in [5, 5.41) is 13.3. The van der Waals surface area contributed by atoms with Gasteiger partial charge in [0.1, 0.15) is 23.2 Å². The Labute approximate surface area is 135 Å². The highest BCUT2D eigenvalue weighted by molar-refractivity contribution is 7.19. The van der Waals surface area contributed by atoms with Gasteiger partial charge in [0.15, 0.2) is 5.82 Å². The molecule has 0 radical (unpaired) electrons. The number of rotatable bonds is 4. The van der Waals surface area contributed by atoms with Gasteiger partial charge in [-0.05, 0) is 24.3 Å². The molecule has 0 saturated heterocycles. The number of halogens is 1. The summed E-state index contributed by atoms with van der Waals surface area (Å²) in [6.45, 7) is 0.261. The lowest BCUT2D eigenvalue weighted by atomic mass is 10.2. The van der Waals surface area contributed by atoms with Crippen molar-refractivity contribution in [2.75, 3.05) is 0 Å². The zero-order valence-corrected chi connectivity index (χ0v) is 12.7. The van der Waals surface area contributed by atoms with Gasteiger partial charge in [0.2, 0.25) is 4.96 Å². The molecule has 0 unspecified atom stereocenters. The summed E-state index contributed by atoms with van der Waals surface area (Å²) in [5.74, 6) is 1.06. The smallest absolute Gasteiger partial charge is 0.235 e. The molecule has 114 valence electrons. The number of nitrogens with zero attached hydrogens (tertiary/aromatic N) is 4. The first-order valence-corrected chi connectivity index (χ1v) is 7.76. The van der Waals surface area contributed by atoms with Gasteiger partial charge >= 0.3 is 0 Å². The van der Waals surface area contributed by atoms with E-state index in [1.807, 2.05) is 36.4 Å². The van der Waals surface area contributed by atoms with Crippen molar-refractivity contribution in [3.63, 3.8) is 0 Å². The second-order valence-electron chi connectivity index (χ2n) is 4.83. The SMILES string of the molecule is Fc1cccc(-c2nn3c(COc4ccccc4)nnc3s2)c1. The van der Waals surface area contributed by atoms with Gasteiger partial charge in [-0.15, -0.1) is 10.2 Å². The maximum absolute atomic E-state index is 13.3. The van der Waals surface area contributed by atoms with E-state index in [9.17, 15) is 4.39 Å². The van der Waals surface area contributed by atoms with Crippen LogP contribution in [0.5, 0.6) is 5.75 Å². The molecule has 0 spiro atoms. The Kier molecular flexibility index (Phi) is 3.47. The molecule has 4 aromatic rings. The van der Waals surface area contributed by atoms with Crippen LogP contribution in [0.2, 0.25) is 0 Å². The van der Waals surface area contributed by atoms with E-state index < -0.39 is 0 Å². The lowest BCUT2D eigenvalue weighted by molar-refractivity contribution is 0.293. The molecule has 0 fully saturated rings. The standard InChI is InChI=1S/C16H11FN4OS/c17-12-6-4-5-11(9-12)15-20-21-14(18-19-16(21)23-15)10-22-13-7-2-1-3-8-13/h1-9H,10H2. The molecule has 0 bridgehead atoms. The molecule has 2 aromatic heterocycles. The Morgan fingerprint density at radius 3 is 2.74 bits per heavy atom. The maximum atomic E-state index is 13.3. The van der Waals surface area contributed by atoms with Crippen molar-refractivity contribution in [3.05, 3.63) is 66.2 Å². The molecule has 2 aromatic carbocycles. The fraction of sp³-hybridized carbons (Fsp3) is 0.0625. The largest absolute Gasteiger partial charge is 0.486 e. The fourth-order valence-electron chi connectivity index (χ4n) is 2.15. The monoisotopic (exact) mass is 326 g/mol. The Hall–Kier alpha value is -2.80. The van der Waals surface area contributed by atoms with E-state index in [0.29, 0.717) is 15.8 Å². The minimum atomic E-state index is -0.291. The van der Waals surface area contributed by atoms with Crippen molar-refractivity contribution >= 4 is 16.3 Å². The van der Waals surface area contributed by atoms with Crippen LogP contribution in [-0.2, 0) is 6.61 Å². The highest BCUT2D eigenvalue weighted by atomic mass is 32.1. The first-order chi connectivity index (χ1) is 11.3. The Bertz CT molecular complexity index is 951. The predicted molar refractivity (Wildman–Crippen MR) is 84.8 cm³/mol. The summed E-state index contributed by atoms with van der Waals surface area (Å²) >= 11 is 1.36. The van der Waals surface area contributed by atoms with E-state index in [4.69, 9.17) is 4.74 Å². The maximum Gasteiger partial charge on any atom is 0.235 e. The summed E-state index contributed by atoms with van der Waals surface area (Å²) in [7, 11) is 0. The molecule has 5 nitrogen and oxygen atoms in total. The fourth-order valence-corrected chi connectivity index (χ4v) is 3.00. The van der Waals surface area contributed by atoms with Gasteiger partial charge in [0, 0.05) is 5.56 Å². The van der Waals surface area contributed by atoms with Crippen LogP contribution in [0, 0.1) is 5.82 Å². The number of ether oxygens (including phenoxy) is 1. The molecule has 7 heteroatoms. The molecular weight excluding hydrogens is 315 g/mol. The molecular formula is C16H11FN4OS. The molecule has 4 rings (SSSR count).